The van der Waals surface area contributed by atoms with Crippen LogP contribution in [0.5, 0.6) is 5.75 Å². The van der Waals surface area contributed by atoms with Gasteiger partial charge in [-0.2, -0.15) is 0 Å². The van der Waals surface area contributed by atoms with Crippen molar-refractivity contribution >= 4 is 40.5 Å². The molecule has 1 aliphatic rings. The molecular formula is C20H22ClN3O3. The number of ether oxygens (including phenoxy) is 1. The summed E-state index contributed by atoms with van der Waals surface area (Å²) in [4.78, 5) is 26.2. The van der Waals surface area contributed by atoms with Crippen molar-refractivity contribution in [2.45, 2.75) is 19.8 Å². The Kier molecular flexibility index (Phi) is 5.86. The molecule has 1 fully saturated rings. The molecule has 2 amide bonds. The van der Waals surface area contributed by atoms with Crippen LogP contribution in [-0.4, -0.2) is 32.0 Å². The first-order valence-corrected chi connectivity index (χ1v) is 9.14. The van der Waals surface area contributed by atoms with E-state index in [1.807, 2.05) is 31.2 Å². The van der Waals surface area contributed by atoms with Gasteiger partial charge in [0, 0.05) is 24.1 Å². The fraction of sp³-hybridized carbons (Fsp3) is 0.300. The number of nitrogens with zero attached hydrogens (tertiary/aromatic N) is 1. The topological polar surface area (TPSA) is 70.7 Å². The highest BCUT2D eigenvalue weighted by molar-refractivity contribution is 6.31. The second kappa shape index (κ2) is 8.31. The molecule has 3 rings (SSSR count). The summed E-state index contributed by atoms with van der Waals surface area (Å²) in [5.74, 6) is 0.384. The number of aryl methyl sites for hydroxylation is 1. The molecule has 142 valence electrons. The van der Waals surface area contributed by atoms with Crippen LogP contribution >= 0.6 is 11.6 Å². The molecule has 0 atom stereocenters. The van der Waals surface area contributed by atoms with Crippen LogP contribution in [-0.2, 0) is 9.59 Å². The fourth-order valence-electron chi connectivity index (χ4n) is 3.06. The zero-order valence-electron chi connectivity index (χ0n) is 15.3. The van der Waals surface area contributed by atoms with E-state index in [9.17, 15) is 9.59 Å². The first-order chi connectivity index (χ1) is 13.0. The second-order valence-corrected chi connectivity index (χ2v) is 6.78. The SMILES string of the molecule is COc1cc(Cl)c(C)cc1NC(=O)CNc1ccccc1N1CCCC1=O. The maximum Gasteiger partial charge on any atom is 0.243 e. The molecule has 0 saturated carbocycles. The Labute approximate surface area is 163 Å². The van der Waals surface area contributed by atoms with E-state index in [4.69, 9.17) is 16.3 Å². The monoisotopic (exact) mass is 387 g/mol. The Balaban J connectivity index is 1.69. The van der Waals surface area contributed by atoms with Crippen molar-refractivity contribution in [2.75, 3.05) is 35.7 Å². The lowest BCUT2D eigenvalue weighted by Gasteiger charge is -2.20. The van der Waals surface area contributed by atoms with Gasteiger partial charge in [0.15, 0.2) is 0 Å². The van der Waals surface area contributed by atoms with Gasteiger partial charge in [-0.3, -0.25) is 9.59 Å². The number of amides is 2. The number of benzene rings is 2. The average Bonchev–Trinajstić information content (AvgIpc) is 3.09. The average molecular weight is 388 g/mol. The summed E-state index contributed by atoms with van der Waals surface area (Å²) in [7, 11) is 1.53. The van der Waals surface area contributed by atoms with Crippen LogP contribution in [0, 0.1) is 6.92 Å². The van der Waals surface area contributed by atoms with Crippen molar-refractivity contribution in [3.63, 3.8) is 0 Å². The van der Waals surface area contributed by atoms with E-state index in [1.54, 1.807) is 17.0 Å². The summed E-state index contributed by atoms with van der Waals surface area (Å²) >= 11 is 6.10. The van der Waals surface area contributed by atoms with E-state index in [2.05, 4.69) is 10.6 Å². The lowest BCUT2D eigenvalue weighted by Crippen LogP contribution is -2.26. The van der Waals surface area contributed by atoms with Gasteiger partial charge in [0.25, 0.3) is 0 Å². The van der Waals surface area contributed by atoms with Gasteiger partial charge < -0.3 is 20.3 Å². The summed E-state index contributed by atoms with van der Waals surface area (Å²) < 4.78 is 5.28. The standard InChI is InChI=1S/C20H22ClN3O3/c1-13-10-16(18(27-2)11-14(13)21)23-19(25)12-22-15-6-3-4-7-17(15)24-9-5-8-20(24)26/h3-4,6-7,10-11,22H,5,8-9,12H2,1-2H3,(H,23,25). The molecule has 27 heavy (non-hydrogen) atoms. The lowest BCUT2D eigenvalue weighted by molar-refractivity contribution is -0.117. The molecule has 0 radical (unpaired) electrons. The molecule has 0 aliphatic carbocycles. The minimum Gasteiger partial charge on any atom is -0.495 e. The van der Waals surface area contributed by atoms with Crippen LogP contribution < -0.4 is 20.3 Å². The quantitative estimate of drug-likeness (QED) is 0.790. The fourth-order valence-corrected chi connectivity index (χ4v) is 3.21. The smallest absolute Gasteiger partial charge is 0.243 e. The number of halogens is 1. The summed E-state index contributed by atoms with van der Waals surface area (Å²) in [6.45, 7) is 2.62. The normalized spacial score (nSPS) is 13.6. The van der Waals surface area contributed by atoms with Gasteiger partial charge in [-0.05, 0) is 37.1 Å². The highest BCUT2D eigenvalue weighted by atomic mass is 35.5. The highest BCUT2D eigenvalue weighted by Gasteiger charge is 2.23. The second-order valence-electron chi connectivity index (χ2n) is 6.37. The van der Waals surface area contributed by atoms with E-state index in [1.165, 1.54) is 7.11 Å². The van der Waals surface area contributed by atoms with Crippen LogP contribution in [0.1, 0.15) is 18.4 Å². The van der Waals surface area contributed by atoms with E-state index in [0.717, 1.165) is 23.4 Å². The van der Waals surface area contributed by atoms with E-state index in [-0.39, 0.29) is 18.4 Å². The van der Waals surface area contributed by atoms with Crippen LogP contribution in [0.15, 0.2) is 36.4 Å². The molecule has 2 aromatic carbocycles. The minimum atomic E-state index is -0.224. The number of carbonyl (C=O) groups is 2. The number of carbonyl (C=O) groups excluding carboxylic acids is 2. The molecule has 6 nitrogen and oxygen atoms in total. The van der Waals surface area contributed by atoms with E-state index < -0.39 is 0 Å². The highest BCUT2D eigenvalue weighted by Crippen LogP contribution is 2.31. The summed E-state index contributed by atoms with van der Waals surface area (Å²) in [5, 5.41) is 6.53. The Morgan fingerprint density at radius 2 is 2.04 bits per heavy atom. The number of methoxy groups -OCH3 is 1. The Morgan fingerprint density at radius 3 is 2.74 bits per heavy atom. The van der Waals surface area contributed by atoms with Gasteiger partial charge in [-0.25, -0.2) is 0 Å². The van der Waals surface area contributed by atoms with Crippen LogP contribution in [0.25, 0.3) is 0 Å². The number of rotatable bonds is 6. The van der Waals surface area contributed by atoms with Gasteiger partial charge >= 0.3 is 0 Å². The number of para-hydroxylation sites is 2. The summed E-state index contributed by atoms with van der Waals surface area (Å²) in [5.41, 5.74) is 2.96. The molecule has 2 N–H and O–H groups in total. The predicted molar refractivity (Wildman–Crippen MR) is 108 cm³/mol. The van der Waals surface area contributed by atoms with Gasteiger partial charge in [0.05, 0.1) is 30.7 Å². The van der Waals surface area contributed by atoms with E-state index >= 15 is 0 Å². The maximum absolute atomic E-state index is 12.4. The van der Waals surface area contributed by atoms with Crippen molar-refractivity contribution < 1.29 is 14.3 Å². The lowest BCUT2D eigenvalue weighted by atomic mass is 10.2. The third kappa shape index (κ3) is 4.34. The first kappa shape index (κ1) is 19.0. The number of nitrogens with one attached hydrogen (secondary N) is 2. The number of hydrogen-bond acceptors (Lipinski definition) is 4. The predicted octanol–water partition coefficient (Wildman–Crippen LogP) is 3.83. The molecule has 1 aliphatic heterocycles. The van der Waals surface area contributed by atoms with Crippen LogP contribution in [0.3, 0.4) is 0 Å². The molecule has 0 aromatic heterocycles. The molecule has 1 saturated heterocycles. The molecule has 0 unspecified atom stereocenters. The number of anilines is 3. The molecule has 1 heterocycles. The third-order valence-electron chi connectivity index (χ3n) is 4.46. The molecule has 0 bridgehead atoms. The molecule has 7 heteroatoms. The largest absolute Gasteiger partial charge is 0.495 e. The van der Waals surface area contributed by atoms with Gasteiger partial charge in [-0.15, -0.1) is 0 Å². The van der Waals surface area contributed by atoms with Crippen molar-refractivity contribution in [3.8, 4) is 5.75 Å². The summed E-state index contributed by atoms with van der Waals surface area (Å²) in [6.07, 6.45) is 1.41. The Hall–Kier alpha value is -2.73. The van der Waals surface area contributed by atoms with Crippen molar-refractivity contribution in [2.24, 2.45) is 0 Å². The zero-order valence-corrected chi connectivity index (χ0v) is 16.1. The summed E-state index contributed by atoms with van der Waals surface area (Å²) in [6, 6.07) is 10.9. The Morgan fingerprint density at radius 1 is 1.26 bits per heavy atom. The maximum atomic E-state index is 12.4. The molecular weight excluding hydrogens is 366 g/mol. The van der Waals surface area contributed by atoms with Gasteiger partial charge in [0.1, 0.15) is 5.75 Å². The van der Waals surface area contributed by atoms with Crippen molar-refractivity contribution in [1.82, 2.24) is 0 Å². The van der Waals surface area contributed by atoms with Gasteiger partial charge in [0.2, 0.25) is 11.8 Å². The molecule has 0 spiro atoms. The van der Waals surface area contributed by atoms with Gasteiger partial charge in [-0.1, -0.05) is 23.7 Å². The third-order valence-corrected chi connectivity index (χ3v) is 4.87. The molecule has 2 aromatic rings. The van der Waals surface area contributed by atoms with Crippen LogP contribution in [0.4, 0.5) is 17.1 Å². The number of hydrogen-bond donors (Lipinski definition) is 2. The van der Waals surface area contributed by atoms with Crippen molar-refractivity contribution in [3.05, 3.63) is 47.0 Å². The van der Waals surface area contributed by atoms with E-state index in [0.29, 0.717) is 29.4 Å². The minimum absolute atomic E-state index is 0.0594. The zero-order chi connectivity index (χ0) is 19.4. The van der Waals surface area contributed by atoms with Crippen LogP contribution in [0.2, 0.25) is 5.02 Å². The first-order valence-electron chi connectivity index (χ1n) is 8.77. The Bertz CT molecular complexity index is 870. The van der Waals surface area contributed by atoms with Crippen molar-refractivity contribution in [1.29, 1.82) is 0 Å².